The molecule has 1 heterocycles. The van der Waals surface area contributed by atoms with Crippen molar-refractivity contribution in [2.24, 2.45) is 5.14 Å². The maximum absolute atomic E-state index is 12.4. The van der Waals surface area contributed by atoms with Crippen LogP contribution in [0.2, 0.25) is 0 Å². The number of primary sulfonamides is 1. The number of rotatable bonds is 2. The highest BCUT2D eigenvalue weighted by molar-refractivity contribution is 7.89. The number of pyridine rings is 1. The molecule has 17 heavy (non-hydrogen) atoms. The summed E-state index contributed by atoms with van der Waals surface area (Å²) in [6.45, 7) is 0. The lowest BCUT2D eigenvalue weighted by molar-refractivity contribution is -0.139. The number of hydrogen-bond donors (Lipinski definition) is 1. The summed E-state index contributed by atoms with van der Waals surface area (Å²) in [7, 11) is -4.43. The summed E-state index contributed by atoms with van der Waals surface area (Å²) in [6.07, 6.45) is -8.52. The van der Waals surface area contributed by atoms with Gasteiger partial charge in [-0.15, -0.1) is 0 Å². The third kappa shape index (κ3) is 3.09. The van der Waals surface area contributed by atoms with Crippen LogP contribution in [-0.2, 0) is 16.2 Å². The van der Waals surface area contributed by atoms with E-state index in [0.717, 1.165) is 0 Å². The van der Waals surface area contributed by atoms with Crippen molar-refractivity contribution < 1.29 is 30.4 Å². The van der Waals surface area contributed by atoms with Gasteiger partial charge < -0.3 is 0 Å². The first-order valence-electron chi connectivity index (χ1n) is 3.91. The van der Waals surface area contributed by atoms with E-state index in [9.17, 15) is 30.4 Å². The van der Waals surface area contributed by atoms with Gasteiger partial charge >= 0.3 is 6.18 Å². The maximum Gasteiger partial charge on any atom is 0.418 e. The molecule has 4 nitrogen and oxygen atoms in total. The Bertz CT molecular complexity index is 526. The molecule has 0 bridgehead atoms. The molecule has 0 fully saturated rings. The lowest BCUT2D eigenvalue weighted by atomic mass is 10.1. The molecule has 0 aliphatic rings. The SMILES string of the molecule is NS(=O)(=O)c1cc(C(F)F)c(C(F)(F)F)cn1. The Labute approximate surface area is 92.3 Å². The summed E-state index contributed by atoms with van der Waals surface area (Å²) >= 11 is 0. The predicted molar refractivity (Wildman–Crippen MR) is 45.6 cm³/mol. The highest BCUT2D eigenvalue weighted by atomic mass is 32.2. The van der Waals surface area contributed by atoms with Crippen molar-refractivity contribution in [1.29, 1.82) is 0 Å². The Hall–Kier alpha value is -1.29. The van der Waals surface area contributed by atoms with Crippen LogP contribution in [0.3, 0.4) is 0 Å². The van der Waals surface area contributed by atoms with Gasteiger partial charge in [-0.2, -0.15) is 13.2 Å². The van der Waals surface area contributed by atoms with Gasteiger partial charge in [-0.25, -0.2) is 27.3 Å². The molecule has 1 rings (SSSR count). The molecule has 0 aliphatic heterocycles. The Balaban J connectivity index is 3.49. The van der Waals surface area contributed by atoms with Crippen molar-refractivity contribution in [3.05, 3.63) is 23.4 Å². The molecular weight excluding hydrogens is 271 g/mol. The van der Waals surface area contributed by atoms with Crippen LogP contribution in [0, 0.1) is 0 Å². The number of alkyl halides is 5. The molecule has 1 aromatic rings. The second-order valence-electron chi connectivity index (χ2n) is 2.95. The fourth-order valence-corrected chi connectivity index (χ4v) is 1.51. The molecule has 0 unspecified atom stereocenters. The summed E-state index contributed by atoms with van der Waals surface area (Å²) < 4.78 is 83.1. The van der Waals surface area contributed by atoms with E-state index in [1.165, 1.54) is 0 Å². The minimum Gasteiger partial charge on any atom is -0.243 e. The number of sulfonamides is 1. The minimum absolute atomic E-state index is 0.0151. The second kappa shape index (κ2) is 4.18. The van der Waals surface area contributed by atoms with E-state index < -0.39 is 38.8 Å². The number of nitrogens with zero attached hydrogens (tertiary/aromatic N) is 1. The zero-order valence-corrected chi connectivity index (χ0v) is 8.69. The van der Waals surface area contributed by atoms with Crippen LogP contribution in [0.25, 0.3) is 0 Å². The van der Waals surface area contributed by atoms with Gasteiger partial charge in [0.2, 0.25) is 0 Å². The van der Waals surface area contributed by atoms with Gasteiger partial charge in [-0.05, 0) is 6.07 Å². The highest BCUT2D eigenvalue weighted by Gasteiger charge is 2.37. The summed E-state index contributed by atoms with van der Waals surface area (Å²) in [6, 6.07) is 0.114. The van der Waals surface area contributed by atoms with Gasteiger partial charge in [-0.1, -0.05) is 0 Å². The van der Waals surface area contributed by atoms with Crippen molar-refractivity contribution in [3.63, 3.8) is 0 Å². The number of nitrogens with two attached hydrogens (primary N) is 1. The summed E-state index contributed by atoms with van der Waals surface area (Å²) in [4.78, 5) is 2.89. The Morgan fingerprint density at radius 3 is 2.18 bits per heavy atom. The summed E-state index contributed by atoms with van der Waals surface area (Å²) in [5.74, 6) is 0. The topological polar surface area (TPSA) is 73.1 Å². The fraction of sp³-hybridized carbons (Fsp3) is 0.286. The van der Waals surface area contributed by atoms with E-state index in [1.54, 1.807) is 0 Å². The lowest BCUT2D eigenvalue weighted by Crippen LogP contribution is -2.17. The van der Waals surface area contributed by atoms with Crippen LogP contribution in [-0.4, -0.2) is 13.4 Å². The zero-order chi connectivity index (χ0) is 13.4. The Kier molecular flexibility index (Phi) is 3.39. The number of aromatic nitrogens is 1. The normalized spacial score (nSPS) is 13.1. The fourth-order valence-electron chi connectivity index (χ4n) is 1.02. The molecule has 0 atom stereocenters. The first-order valence-corrected chi connectivity index (χ1v) is 5.46. The van der Waals surface area contributed by atoms with Crippen molar-refractivity contribution in [2.75, 3.05) is 0 Å². The molecule has 2 N–H and O–H groups in total. The monoisotopic (exact) mass is 276 g/mol. The van der Waals surface area contributed by atoms with Crippen LogP contribution in [0.1, 0.15) is 17.6 Å². The van der Waals surface area contributed by atoms with Gasteiger partial charge in [-0.3, -0.25) is 0 Å². The molecule has 96 valence electrons. The van der Waals surface area contributed by atoms with Crippen LogP contribution in [0.4, 0.5) is 22.0 Å². The van der Waals surface area contributed by atoms with Gasteiger partial charge in [0.05, 0.1) is 5.56 Å². The van der Waals surface area contributed by atoms with Gasteiger partial charge in [0.1, 0.15) is 0 Å². The van der Waals surface area contributed by atoms with Crippen molar-refractivity contribution in [3.8, 4) is 0 Å². The average Bonchev–Trinajstić information content (AvgIpc) is 2.14. The van der Waals surface area contributed by atoms with E-state index in [0.29, 0.717) is 0 Å². The molecule has 0 amide bonds. The molecule has 0 radical (unpaired) electrons. The first-order chi connectivity index (χ1) is 7.53. The third-order valence-electron chi connectivity index (χ3n) is 1.74. The van der Waals surface area contributed by atoms with Gasteiger partial charge in [0.25, 0.3) is 16.4 Å². The summed E-state index contributed by atoms with van der Waals surface area (Å²) in [5, 5.41) is 3.53. The predicted octanol–water partition coefficient (Wildman–Crippen LogP) is 1.69. The third-order valence-corrected chi connectivity index (χ3v) is 2.55. The van der Waals surface area contributed by atoms with Crippen molar-refractivity contribution in [1.82, 2.24) is 4.98 Å². The van der Waals surface area contributed by atoms with Crippen molar-refractivity contribution >= 4 is 10.0 Å². The molecule has 0 aliphatic carbocycles. The van der Waals surface area contributed by atoms with Crippen LogP contribution in [0.15, 0.2) is 17.3 Å². The maximum atomic E-state index is 12.4. The Morgan fingerprint density at radius 2 is 1.82 bits per heavy atom. The second-order valence-corrected chi connectivity index (χ2v) is 4.46. The largest absolute Gasteiger partial charge is 0.418 e. The highest BCUT2D eigenvalue weighted by Crippen LogP contribution is 2.36. The average molecular weight is 276 g/mol. The molecule has 10 heteroatoms. The smallest absolute Gasteiger partial charge is 0.243 e. The van der Waals surface area contributed by atoms with Gasteiger partial charge in [0.15, 0.2) is 5.03 Å². The van der Waals surface area contributed by atoms with Gasteiger partial charge in [0, 0.05) is 11.8 Å². The molecule has 0 spiro atoms. The molecule has 0 saturated heterocycles. The van der Waals surface area contributed by atoms with E-state index in [4.69, 9.17) is 0 Å². The molecule has 0 aromatic carbocycles. The van der Waals surface area contributed by atoms with Crippen LogP contribution in [0.5, 0.6) is 0 Å². The molecule has 1 aromatic heterocycles. The Morgan fingerprint density at radius 1 is 1.29 bits per heavy atom. The first kappa shape index (κ1) is 13.8. The lowest BCUT2D eigenvalue weighted by Gasteiger charge is -2.12. The van der Waals surface area contributed by atoms with E-state index in [1.807, 2.05) is 0 Å². The van der Waals surface area contributed by atoms with E-state index in [-0.39, 0.29) is 12.3 Å². The quantitative estimate of drug-likeness (QED) is 0.835. The van der Waals surface area contributed by atoms with E-state index >= 15 is 0 Å². The number of halogens is 5. The standard InChI is InChI=1S/C7H5F5N2O2S/c8-6(9)3-1-5(17(13,15)16)14-2-4(3)7(10,11)12/h1-2,6H,(H2,13,15,16). The minimum atomic E-state index is -5.05. The van der Waals surface area contributed by atoms with Crippen molar-refractivity contribution in [2.45, 2.75) is 17.6 Å². The molecule has 0 saturated carbocycles. The van der Waals surface area contributed by atoms with E-state index in [2.05, 4.69) is 10.1 Å². The number of hydrogen-bond acceptors (Lipinski definition) is 3. The molecular formula is C7H5F5N2O2S. The zero-order valence-electron chi connectivity index (χ0n) is 7.87. The van der Waals surface area contributed by atoms with Crippen LogP contribution < -0.4 is 5.14 Å². The van der Waals surface area contributed by atoms with Crippen LogP contribution >= 0.6 is 0 Å². The summed E-state index contributed by atoms with van der Waals surface area (Å²) in [5.41, 5.74) is -3.17.